The van der Waals surface area contributed by atoms with Gasteiger partial charge in [0.2, 0.25) is 0 Å². The van der Waals surface area contributed by atoms with E-state index in [1.807, 2.05) is 30.3 Å². The first-order valence-corrected chi connectivity index (χ1v) is 8.99. The van der Waals surface area contributed by atoms with Crippen molar-refractivity contribution in [3.63, 3.8) is 0 Å². The fourth-order valence-electron chi connectivity index (χ4n) is 3.23. The minimum atomic E-state index is -0.799. The number of likely N-dealkylation sites (tertiary alicyclic amines) is 1. The minimum Gasteiger partial charge on any atom is -0.480 e. The molecular weight excluding hydrogens is 338 g/mol. The fourth-order valence-corrected chi connectivity index (χ4v) is 3.43. The van der Waals surface area contributed by atoms with Crippen LogP contribution in [0.2, 0.25) is 5.02 Å². The van der Waals surface area contributed by atoms with Crippen molar-refractivity contribution in [2.75, 3.05) is 13.1 Å². The Hall–Kier alpha value is -2.04. The van der Waals surface area contributed by atoms with Crippen LogP contribution in [-0.2, 0) is 11.2 Å². The van der Waals surface area contributed by atoms with Gasteiger partial charge in [0.05, 0.1) is 0 Å². The lowest BCUT2D eigenvalue weighted by atomic mass is 10.0. The van der Waals surface area contributed by atoms with Crippen molar-refractivity contribution in [1.82, 2.24) is 4.90 Å². The summed E-state index contributed by atoms with van der Waals surface area (Å²) in [6, 6.07) is 14.3. The SMILES string of the molecule is O=C(O)C(Cc1cc(Cl)ccc1Oc1ccccc1)N1CCCCC1. The number of rotatable bonds is 6. The van der Waals surface area contributed by atoms with Gasteiger partial charge in [-0.25, -0.2) is 0 Å². The molecule has 0 spiro atoms. The van der Waals surface area contributed by atoms with Crippen molar-refractivity contribution in [2.45, 2.75) is 31.7 Å². The summed E-state index contributed by atoms with van der Waals surface area (Å²) < 4.78 is 5.96. The Morgan fingerprint density at radius 3 is 2.52 bits per heavy atom. The molecule has 1 N–H and O–H groups in total. The van der Waals surface area contributed by atoms with Gasteiger partial charge in [-0.1, -0.05) is 36.2 Å². The number of halogens is 1. The van der Waals surface area contributed by atoms with Crippen LogP contribution in [-0.4, -0.2) is 35.1 Å². The van der Waals surface area contributed by atoms with Crippen LogP contribution in [0.3, 0.4) is 0 Å². The molecule has 1 atom stereocenters. The highest BCUT2D eigenvalue weighted by Gasteiger charge is 2.28. The molecule has 25 heavy (non-hydrogen) atoms. The van der Waals surface area contributed by atoms with Crippen LogP contribution in [0, 0.1) is 0 Å². The van der Waals surface area contributed by atoms with Gasteiger partial charge in [-0.05, 0) is 61.8 Å². The van der Waals surface area contributed by atoms with Crippen LogP contribution >= 0.6 is 11.6 Å². The molecule has 0 radical (unpaired) electrons. The Morgan fingerprint density at radius 2 is 1.84 bits per heavy atom. The van der Waals surface area contributed by atoms with Crippen LogP contribution in [0.25, 0.3) is 0 Å². The quantitative estimate of drug-likeness (QED) is 0.818. The zero-order chi connectivity index (χ0) is 17.6. The Kier molecular flexibility index (Phi) is 5.95. The second kappa shape index (κ2) is 8.37. The van der Waals surface area contributed by atoms with Gasteiger partial charge in [0, 0.05) is 11.4 Å². The summed E-state index contributed by atoms with van der Waals surface area (Å²) in [6.45, 7) is 1.65. The van der Waals surface area contributed by atoms with Crippen LogP contribution in [0.5, 0.6) is 11.5 Å². The highest BCUT2D eigenvalue weighted by Crippen LogP contribution is 2.30. The van der Waals surface area contributed by atoms with E-state index in [2.05, 4.69) is 4.90 Å². The van der Waals surface area contributed by atoms with E-state index in [1.165, 1.54) is 6.42 Å². The number of benzene rings is 2. The smallest absolute Gasteiger partial charge is 0.321 e. The number of hydrogen-bond donors (Lipinski definition) is 1. The Bertz CT molecular complexity index is 714. The topological polar surface area (TPSA) is 49.8 Å². The van der Waals surface area contributed by atoms with E-state index in [0.29, 0.717) is 17.2 Å². The molecular formula is C20H22ClNO3. The Balaban J connectivity index is 1.84. The second-order valence-electron chi connectivity index (χ2n) is 6.32. The lowest BCUT2D eigenvalue weighted by Gasteiger charge is -2.32. The van der Waals surface area contributed by atoms with Crippen LogP contribution < -0.4 is 4.74 Å². The van der Waals surface area contributed by atoms with Gasteiger partial charge in [-0.2, -0.15) is 0 Å². The molecule has 0 bridgehead atoms. The first-order valence-electron chi connectivity index (χ1n) is 8.61. The lowest BCUT2D eigenvalue weighted by molar-refractivity contribution is -0.143. The van der Waals surface area contributed by atoms with Crippen LogP contribution in [0.1, 0.15) is 24.8 Å². The van der Waals surface area contributed by atoms with E-state index >= 15 is 0 Å². The second-order valence-corrected chi connectivity index (χ2v) is 6.76. The first-order chi connectivity index (χ1) is 12.1. The van der Waals surface area contributed by atoms with E-state index in [1.54, 1.807) is 18.2 Å². The molecule has 0 amide bonds. The average molecular weight is 360 g/mol. The van der Waals surface area contributed by atoms with E-state index in [0.717, 1.165) is 37.2 Å². The predicted octanol–water partition coefficient (Wildman–Crippen LogP) is 4.61. The number of carboxylic acid groups (broad SMARTS) is 1. The lowest BCUT2D eigenvalue weighted by Crippen LogP contribution is -2.45. The number of ether oxygens (including phenoxy) is 1. The van der Waals surface area contributed by atoms with E-state index in [-0.39, 0.29) is 0 Å². The number of hydrogen-bond acceptors (Lipinski definition) is 3. The third-order valence-electron chi connectivity index (χ3n) is 4.52. The van der Waals surface area contributed by atoms with Gasteiger partial charge < -0.3 is 9.84 Å². The number of para-hydroxylation sites is 1. The summed E-state index contributed by atoms with van der Waals surface area (Å²) in [5.41, 5.74) is 0.814. The maximum atomic E-state index is 11.8. The predicted molar refractivity (Wildman–Crippen MR) is 98.5 cm³/mol. The largest absolute Gasteiger partial charge is 0.480 e. The maximum absolute atomic E-state index is 11.8. The summed E-state index contributed by atoms with van der Waals surface area (Å²) in [5.74, 6) is 0.572. The normalized spacial score (nSPS) is 16.4. The number of carboxylic acids is 1. The summed E-state index contributed by atoms with van der Waals surface area (Å²) >= 11 is 6.15. The summed E-state index contributed by atoms with van der Waals surface area (Å²) in [7, 11) is 0. The van der Waals surface area contributed by atoms with Gasteiger partial charge in [-0.15, -0.1) is 0 Å². The highest BCUT2D eigenvalue weighted by molar-refractivity contribution is 6.30. The fraction of sp³-hybridized carbons (Fsp3) is 0.350. The number of piperidine rings is 1. The monoisotopic (exact) mass is 359 g/mol. The summed E-state index contributed by atoms with van der Waals surface area (Å²) in [4.78, 5) is 13.9. The van der Waals surface area contributed by atoms with Crippen LogP contribution in [0.15, 0.2) is 48.5 Å². The van der Waals surface area contributed by atoms with E-state index < -0.39 is 12.0 Å². The van der Waals surface area contributed by atoms with Crippen molar-refractivity contribution in [3.05, 3.63) is 59.1 Å². The van der Waals surface area contributed by atoms with Crippen molar-refractivity contribution in [1.29, 1.82) is 0 Å². The molecule has 0 saturated carbocycles. The molecule has 1 fully saturated rings. The Labute approximate surface area is 153 Å². The van der Waals surface area contributed by atoms with Crippen molar-refractivity contribution in [2.24, 2.45) is 0 Å². The maximum Gasteiger partial charge on any atom is 0.321 e. The number of aliphatic carboxylic acids is 1. The zero-order valence-corrected chi connectivity index (χ0v) is 14.8. The van der Waals surface area contributed by atoms with Gasteiger partial charge >= 0.3 is 5.97 Å². The van der Waals surface area contributed by atoms with Gasteiger partial charge in [-0.3, -0.25) is 9.69 Å². The molecule has 2 aromatic carbocycles. The summed E-state index contributed by atoms with van der Waals surface area (Å²) in [6.07, 6.45) is 3.64. The minimum absolute atomic E-state index is 0.373. The molecule has 0 aromatic heterocycles. The number of nitrogens with zero attached hydrogens (tertiary/aromatic N) is 1. The molecule has 1 unspecified atom stereocenters. The Morgan fingerprint density at radius 1 is 1.12 bits per heavy atom. The van der Waals surface area contributed by atoms with Crippen molar-refractivity contribution >= 4 is 17.6 Å². The molecule has 3 rings (SSSR count). The number of carbonyl (C=O) groups is 1. The highest BCUT2D eigenvalue weighted by atomic mass is 35.5. The molecule has 0 aliphatic carbocycles. The van der Waals surface area contributed by atoms with Crippen molar-refractivity contribution < 1.29 is 14.6 Å². The molecule has 1 aliphatic heterocycles. The van der Waals surface area contributed by atoms with E-state index in [4.69, 9.17) is 16.3 Å². The molecule has 132 valence electrons. The van der Waals surface area contributed by atoms with Crippen molar-refractivity contribution in [3.8, 4) is 11.5 Å². The zero-order valence-electron chi connectivity index (χ0n) is 14.0. The average Bonchev–Trinajstić information content (AvgIpc) is 2.63. The molecule has 2 aromatic rings. The third kappa shape index (κ3) is 4.74. The standard InChI is InChI=1S/C20H22ClNO3/c21-16-9-10-19(25-17-7-3-1-4-8-17)15(13-16)14-18(20(23)24)22-11-5-2-6-12-22/h1,3-4,7-10,13,18H,2,5-6,11-12,14H2,(H,23,24). The van der Waals surface area contributed by atoms with E-state index in [9.17, 15) is 9.90 Å². The molecule has 1 heterocycles. The van der Waals surface area contributed by atoms with Gasteiger partial charge in [0.1, 0.15) is 17.5 Å². The molecule has 4 nitrogen and oxygen atoms in total. The van der Waals surface area contributed by atoms with Gasteiger partial charge in [0.15, 0.2) is 0 Å². The molecule has 1 saturated heterocycles. The third-order valence-corrected chi connectivity index (χ3v) is 4.76. The molecule has 1 aliphatic rings. The molecule has 5 heteroatoms. The van der Waals surface area contributed by atoms with Crippen LogP contribution in [0.4, 0.5) is 0 Å². The summed E-state index contributed by atoms with van der Waals surface area (Å²) in [5, 5.41) is 10.3. The first kappa shape index (κ1) is 17.8. The van der Waals surface area contributed by atoms with Gasteiger partial charge in [0.25, 0.3) is 0 Å².